The molecule has 5 heteroatoms. The van der Waals surface area contributed by atoms with Crippen LogP contribution in [0.15, 0.2) is 97.1 Å². The van der Waals surface area contributed by atoms with Gasteiger partial charge in [0.15, 0.2) is 7.14 Å². The number of rotatable bonds is 7. The van der Waals surface area contributed by atoms with Crippen LogP contribution in [0.2, 0.25) is 0 Å². The molecule has 0 spiro atoms. The summed E-state index contributed by atoms with van der Waals surface area (Å²) in [5.41, 5.74) is 0. The molecule has 0 fully saturated rings. The summed E-state index contributed by atoms with van der Waals surface area (Å²) < 4.78 is 33.3. The second-order valence-corrected chi connectivity index (χ2v) is 10.8. The first-order chi connectivity index (χ1) is 17.1. The zero-order valence-electron chi connectivity index (χ0n) is 20.0. The van der Waals surface area contributed by atoms with Crippen molar-refractivity contribution in [1.29, 1.82) is 0 Å². The summed E-state index contributed by atoms with van der Waals surface area (Å²) >= 11 is 0. The molecule has 0 unspecified atom stereocenters. The van der Waals surface area contributed by atoms with E-state index in [-0.39, 0.29) is 0 Å². The molecule has 0 saturated heterocycles. The van der Waals surface area contributed by atoms with Gasteiger partial charge in [0.05, 0.1) is 31.4 Å². The maximum absolute atomic E-state index is 15.9. The monoisotopic (exact) mass is 482 g/mol. The molecular formula is C30H27O4P. The van der Waals surface area contributed by atoms with Crippen LogP contribution in [0.4, 0.5) is 0 Å². The predicted molar refractivity (Wildman–Crippen MR) is 145 cm³/mol. The van der Waals surface area contributed by atoms with Crippen LogP contribution in [0.3, 0.4) is 0 Å². The highest BCUT2D eigenvalue weighted by Gasteiger charge is 2.38. The molecule has 0 aliphatic rings. The molecule has 5 aromatic rings. The van der Waals surface area contributed by atoms with E-state index >= 15 is 4.57 Å². The average molecular weight is 483 g/mol. The van der Waals surface area contributed by atoms with Gasteiger partial charge in [-0.15, -0.1) is 0 Å². The second kappa shape index (κ2) is 9.48. The molecular weight excluding hydrogens is 455 g/mol. The lowest BCUT2D eigenvalue weighted by Gasteiger charge is -2.26. The van der Waals surface area contributed by atoms with Gasteiger partial charge in [-0.05, 0) is 64.9 Å². The lowest BCUT2D eigenvalue weighted by molar-refractivity contribution is 0.340. The maximum Gasteiger partial charge on any atom is 0.179 e. The molecule has 5 aromatic carbocycles. The first kappa shape index (κ1) is 23.0. The number of ether oxygens (including phenoxy) is 3. The predicted octanol–water partition coefficient (Wildman–Crippen LogP) is 6.05. The van der Waals surface area contributed by atoms with E-state index in [1.54, 1.807) is 14.2 Å². The molecule has 0 atom stereocenters. The van der Waals surface area contributed by atoms with Crippen LogP contribution in [-0.2, 0) is 4.57 Å². The van der Waals surface area contributed by atoms with Gasteiger partial charge in [-0.1, -0.05) is 60.7 Å². The van der Waals surface area contributed by atoms with Crippen molar-refractivity contribution in [2.45, 2.75) is 6.92 Å². The third-order valence-electron chi connectivity index (χ3n) is 6.31. The average Bonchev–Trinajstić information content (AvgIpc) is 2.92. The Morgan fingerprint density at radius 3 is 1.57 bits per heavy atom. The van der Waals surface area contributed by atoms with Gasteiger partial charge in [0.1, 0.15) is 17.2 Å². The molecule has 0 radical (unpaired) electrons. The van der Waals surface area contributed by atoms with E-state index in [1.807, 2.05) is 104 Å². The summed E-state index contributed by atoms with van der Waals surface area (Å²) in [6.07, 6.45) is 0. The van der Waals surface area contributed by atoms with Crippen LogP contribution in [-0.4, -0.2) is 20.8 Å². The smallest absolute Gasteiger partial charge is 0.179 e. The van der Waals surface area contributed by atoms with Gasteiger partial charge in [0.2, 0.25) is 0 Å². The van der Waals surface area contributed by atoms with Crippen molar-refractivity contribution < 1.29 is 18.8 Å². The Kier molecular flexibility index (Phi) is 6.23. The Labute approximate surface area is 205 Å². The molecule has 0 saturated carbocycles. The zero-order valence-corrected chi connectivity index (χ0v) is 20.9. The second-order valence-electron chi connectivity index (χ2n) is 8.21. The quantitative estimate of drug-likeness (QED) is 0.265. The summed E-state index contributed by atoms with van der Waals surface area (Å²) in [6.45, 7) is 2.51. The third kappa shape index (κ3) is 3.84. The van der Waals surface area contributed by atoms with Crippen LogP contribution in [0.1, 0.15) is 6.92 Å². The molecule has 0 aliphatic carbocycles. The van der Waals surface area contributed by atoms with Gasteiger partial charge in [0.25, 0.3) is 0 Å². The molecule has 0 bridgehead atoms. The Bertz CT molecular complexity index is 1470. The molecule has 0 N–H and O–H groups in total. The highest BCUT2D eigenvalue weighted by atomic mass is 31.2. The van der Waals surface area contributed by atoms with Crippen LogP contribution in [0, 0.1) is 0 Å². The minimum Gasteiger partial charge on any atom is -0.496 e. The van der Waals surface area contributed by atoms with E-state index in [0.717, 1.165) is 27.3 Å². The summed E-state index contributed by atoms with van der Waals surface area (Å²) in [6, 6.07) is 31.3. The minimum atomic E-state index is -3.52. The molecule has 0 heterocycles. The van der Waals surface area contributed by atoms with Gasteiger partial charge < -0.3 is 18.8 Å². The molecule has 0 amide bonds. The zero-order chi connectivity index (χ0) is 24.4. The molecule has 0 aliphatic heterocycles. The number of fused-ring (bicyclic) bond motifs is 2. The van der Waals surface area contributed by atoms with Gasteiger partial charge in [-0.2, -0.15) is 0 Å². The van der Waals surface area contributed by atoms with Crippen molar-refractivity contribution in [3.8, 4) is 17.2 Å². The molecule has 5 rings (SSSR count). The van der Waals surface area contributed by atoms with Crippen molar-refractivity contribution in [3.05, 3.63) is 97.1 Å². The third-order valence-corrected chi connectivity index (χ3v) is 9.52. The fourth-order valence-corrected chi connectivity index (χ4v) is 8.09. The van der Waals surface area contributed by atoms with E-state index in [2.05, 4.69) is 0 Å². The van der Waals surface area contributed by atoms with E-state index < -0.39 is 7.14 Å². The fraction of sp³-hybridized carbons (Fsp3) is 0.133. The topological polar surface area (TPSA) is 44.8 Å². The summed E-state index contributed by atoms with van der Waals surface area (Å²) in [7, 11) is -0.277. The van der Waals surface area contributed by atoms with Crippen LogP contribution in [0.5, 0.6) is 17.2 Å². The summed E-state index contributed by atoms with van der Waals surface area (Å²) in [5.74, 6) is 1.89. The first-order valence-electron chi connectivity index (χ1n) is 11.6. The number of hydrogen-bond donors (Lipinski definition) is 0. The van der Waals surface area contributed by atoms with Gasteiger partial charge in [-0.25, -0.2) is 0 Å². The first-order valence-corrected chi connectivity index (χ1v) is 13.3. The number of hydrogen-bond acceptors (Lipinski definition) is 4. The molecule has 35 heavy (non-hydrogen) atoms. The van der Waals surface area contributed by atoms with Gasteiger partial charge in [0, 0.05) is 5.30 Å². The van der Waals surface area contributed by atoms with E-state index in [4.69, 9.17) is 14.2 Å². The minimum absolute atomic E-state index is 0.561. The Hall–Kier alpha value is -3.75. The standard InChI is InChI=1S/C30H27O4P/c1-4-34-23-15-17-24(18-16-23)35(31,29-25-11-7-5-9-21(25)13-19-27(29)32-2)30-26-12-8-6-10-22(26)14-20-28(30)33-3/h5-20H,4H2,1-3H3. The highest BCUT2D eigenvalue weighted by molar-refractivity contribution is 7.86. The van der Waals surface area contributed by atoms with E-state index in [1.165, 1.54) is 0 Å². The van der Waals surface area contributed by atoms with Crippen LogP contribution >= 0.6 is 7.14 Å². The number of benzene rings is 5. The van der Waals surface area contributed by atoms with E-state index in [9.17, 15) is 0 Å². The SMILES string of the molecule is CCOc1ccc(P(=O)(c2c(OC)ccc3ccccc23)c2c(OC)ccc3ccccc23)cc1. The van der Waals surface area contributed by atoms with Crippen molar-refractivity contribution in [1.82, 2.24) is 0 Å². The lowest BCUT2D eigenvalue weighted by atomic mass is 10.1. The van der Waals surface area contributed by atoms with Crippen LogP contribution in [0.25, 0.3) is 21.5 Å². The van der Waals surface area contributed by atoms with Crippen molar-refractivity contribution in [2.24, 2.45) is 0 Å². The molecule has 0 aromatic heterocycles. The Balaban J connectivity index is 1.96. The highest BCUT2D eigenvalue weighted by Crippen LogP contribution is 2.51. The van der Waals surface area contributed by atoms with E-state index in [0.29, 0.717) is 34.0 Å². The van der Waals surface area contributed by atoms with Crippen LogP contribution < -0.4 is 30.1 Å². The molecule has 4 nitrogen and oxygen atoms in total. The summed E-state index contributed by atoms with van der Waals surface area (Å²) in [5, 5.41) is 5.78. The van der Waals surface area contributed by atoms with Crippen molar-refractivity contribution in [2.75, 3.05) is 20.8 Å². The maximum atomic E-state index is 15.9. The summed E-state index contributed by atoms with van der Waals surface area (Å²) in [4.78, 5) is 0. The van der Waals surface area contributed by atoms with Crippen molar-refractivity contribution >= 4 is 44.6 Å². The van der Waals surface area contributed by atoms with Gasteiger partial charge in [-0.3, -0.25) is 0 Å². The molecule has 176 valence electrons. The van der Waals surface area contributed by atoms with Crippen molar-refractivity contribution in [3.63, 3.8) is 0 Å². The Morgan fingerprint density at radius 1 is 0.629 bits per heavy atom. The fourth-order valence-electron chi connectivity index (χ4n) is 4.74. The lowest BCUT2D eigenvalue weighted by Crippen LogP contribution is -2.28. The Morgan fingerprint density at radius 2 is 1.11 bits per heavy atom. The normalized spacial score (nSPS) is 11.5. The number of methoxy groups -OCH3 is 2. The van der Waals surface area contributed by atoms with Gasteiger partial charge >= 0.3 is 0 Å². The largest absolute Gasteiger partial charge is 0.496 e.